The molecule has 2 heterocycles. The monoisotopic (exact) mass is 299 g/mol. The number of aromatic amines is 1. The fourth-order valence-electron chi connectivity index (χ4n) is 2.42. The molecule has 3 rings (SSSR count). The summed E-state index contributed by atoms with van der Waals surface area (Å²) >= 11 is 5.40. The molecule has 0 radical (unpaired) electrons. The minimum Gasteiger partial charge on any atom is -0.497 e. The zero-order chi connectivity index (χ0) is 14.8. The Balaban J connectivity index is 1.88. The second kappa shape index (κ2) is 5.69. The lowest BCUT2D eigenvalue weighted by Gasteiger charge is -2.06. The van der Waals surface area contributed by atoms with Gasteiger partial charge in [-0.2, -0.15) is 0 Å². The first-order valence-corrected chi connectivity index (χ1v) is 7.26. The van der Waals surface area contributed by atoms with Gasteiger partial charge in [0.2, 0.25) is 0 Å². The summed E-state index contributed by atoms with van der Waals surface area (Å²) in [7, 11) is 1.68. The van der Waals surface area contributed by atoms with Crippen molar-refractivity contribution in [2.75, 3.05) is 7.11 Å². The number of imidazole rings is 1. The van der Waals surface area contributed by atoms with E-state index in [0.717, 1.165) is 35.4 Å². The number of nitrogens with one attached hydrogen (secondary N) is 1. The maximum absolute atomic E-state index is 5.40. The Morgan fingerprint density at radius 1 is 1.33 bits per heavy atom. The highest BCUT2D eigenvalue weighted by molar-refractivity contribution is 7.71. The van der Waals surface area contributed by atoms with E-state index in [1.807, 2.05) is 29.8 Å². The Morgan fingerprint density at radius 3 is 3.00 bits per heavy atom. The van der Waals surface area contributed by atoms with Crippen molar-refractivity contribution in [1.29, 1.82) is 0 Å². The summed E-state index contributed by atoms with van der Waals surface area (Å²) in [5, 5.41) is 0. The van der Waals surface area contributed by atoms with Gasteiger partial charge in [-0.3, -0.25) is 0 Å². The number of H-pyrrole nitrogens is 1. The molecule has 4 nitrogen and oxygen atoms in total. The van der Waals surface area contributed by atoms with Crippen LogP contribution in [0.3, 0.4) is 0 Å². The van der Waals surface area contributed by atoms with Crippen molar-refractivity contribution in [1.82, 2.24) is 14.5 Å². The van der Waals surface area contributed by atoms with E-state index < -0.39 is 0 Å². The molecule has 0 saturated carbocycles. The minimum atomic E-state index is 0.714. The topological polar surface area (TPSA) is 42.8 Å². The van der Waals surface area contributed by atoms with E-state index >= 15 is 0 Å². The Labute approximate surface area is 128 Å². The van der Waals surface area contributed by atoms with Crippen LogP contribution < -0.4 is 4.74 Å². The Bertz CT molecular complexity index is 835. The third-order valence-electron chi connectivity index (χ3n) is 3.50. The average Bonchev–Trinajstić information content (AvgIpc) is 2.80. The molecule has 3 aromatic rings. The molecule has 0 aliphatic rings. The van der Waals surface area contributed by atoms with Gasteiger partial charge in [0.05, 0.1) is 12.6 Å². The van der Waals surface area contributed by atoms with Gasteiger partial charge in [-0.05, 0) is 54.9 Å². The second-order valence-corrected chi connectivity index (χ2v) is 5.45. The molecule has 0 aliphatic heterocycles. The van der Waals surface area contributed by atoms with Crippen molar-refractivity contribution in [3.8, 4) is 5.75 Å². The number of pyridine rings is 1. The summed E-state index contributed by atoms with van der Waals surface area (Å²) in [5.74, 6) is 0.878. The molecule has 108 valence electrons. The van der Waals surface area contributed by atoms with Gasteiger partial charge in [-0.25, -0.2) is 4.98 Å². The maximum Gasteiger partial charge on any atom is 0.179 e. The molecule has 2 aromatic heterocycles. The molecular formula is C16H17N3OS. The smallest absolute Gasteiger partial charge is 0.179 e. The van der Waals surface area contributed by atoms with E-state index in [1.165, 1.54) is 5.56 Å². The molecule has 0 spiro atoms. The Morgan fingerprint density at radius 2 is 2.19 bits per heavy atom. The molecule has 0 unspecified atom stereocenters. The van der Waals surface area contributed by atoms with Crippen molar-refractivity contribution in [3.05, 3.63) is 52.4 Å². The summed E-state index contributed by atoms with van der Waals surface area (Å²) in [6.45, 7) is 2.82. The highest BCUT2D eigenvalue weighted by atomic mass is 32.1. The van der Waals surface area contributed by atoms with Crippen molar-refractivity contribution in [3.63, 3.8) is 0 Å². The van der Waals surface area contributed by atoms with Crippen LogP contribution in [0, 0.1) is 11.7 Å². The highest BCUT2D eigenvalue weighted by Crippen LogP contribution is 2.16. The number of hydrogen-bond donors (Lipinski definition) is 1. The molecule has 1 aromatic carbocycles. The first-order valence-electron chi connectivity index (χ1n) is 6.85. The Kier molecular flexibility index (Phi) is 3.75. The Hall–Kier alpha value is -2.14. The van der Waals surface area contributed by atoms with Crippen LogP contribution in [0.4, 0.5) is 0 Å². The van der Waals surface area contributed by atoms with E-state index in [4.69, 9.17) is 17.0 Å². The van der Waals surface area contributed by atoms with E-state index in [2.05, 4.69) is 28.2 Å². The van der Waals surface area contributed by atoms with Crippen molar-refractivity contribution >= 4 is 23.4 Å². The van der Waals surface area contributed by atoms with Gasteiger partial charge in [-0.1, -0.05) is 12.1 Å². The van der Waals surface area contributed by atoms with Gasteiger partial charge in [0.15, 0.2) is 10.4 Å². The molecule has 1 N–H and O–H groups in total. The number of benzene rings is 1. The number of hydrogen-bond acceptors (Lipinski definition) is 3. The van der Waals surface area contributed by atoms with Crippen molar-refractivity contribution in [2.24, 2.45) is 0 Å². The predicted octanol–water partition coefficient (Wildman–Crippen LogP) is 3.65. The lowest BCUT2D eigenvalue weighted by atomic mass is 10.1. The molecule has 0 amide bonds. The zero-order valence-electron chi connectivity index (χ0n) is 12.1. The van der Waals surface area contributed by atoms with Crippen molar-refractivity contribution < 1.29 is 4.74 Å². The number of ether oxygens (including phenoxy) is 1. The van der Waals surface area contributed by atoms with Crippen LogP contribution in [-0.2, 0) is 13.0 Å². The third kappa shape index (κ3) is 2.83. The number of methoxy groups -OCH3 is 1. The number of rotatable bonds is 4. The molecule has 0 saturated heterocycles. The van der Waals surface area contributed by atoms with E-state index in [1.54, 1.807) is 7.11 Å². The lowest BCUT2D eigenvalue weighted by Crippen LogP contribution is -2.02. The van der Waals surface area contributed by atoms with Crippen LogP contribution in [-0.4, -0.2) is 21.6 Å². The van der Waals surface area contributed by atoms with E-state index in [0.29, 0.717) is 4.77 Å². The van der Waals surface area contributed by atoms with Gasteiger partial charge >= 0.3 is 0 Å². The molecular weight excluding hydrogens is 282 g/mol. The molecule has 0 bridgehead atoms. The number of aromatic nitrogens is 3. The van der Waals surface area contributed by atoms with E-state index in [-0.39, 0.29) is 0 Å². The molecule has 0 fully saturated rings. The van der Waals surface area contributed by atoms with Crippen LogP contribution in [0.15, 0.2) is 36.5 Å². The molecule has 0 aliphatic carbocycles. The van der Waals surface area contributed by atoms with Crippen LogP contribution in [0.2, 0.25) is 0 Å². The van der Waals surface area contributed by atoms with Crippen LogP contribution in [0.25, 0.3) is 11.2 Å². The number of nitrogens with zero attached hydrogens (tertiary/aromatic N) is 2. The van der Waals surface area contributed by atoms with Gasteiger partial charge < -0.3 is 14.3 Å². The fraction of sp³-hybridized carbons (Fsp3) is 0.250. The highest BCUT2D eigenvalue weighted by Gasteiger charge is 2.06. The van der Waals surface area contributed by atoms with Crippen LogP contribution in [0.1, 0.15) is 11.1 Å². The van der Waals surface area contributed by atoms with E-state index in [9.17, 15) is 0 Å². The maximum atomic E-state index is 5.40. The number of aryl methyl sites for hydroxylation is 3. The van der Waals surface area contributed by atoms with Crippen LogP contribution in [0.5, 0.6) is 5.75 Å². The zero-order valence-corrected chi connectivity index (χ0v) is 12.9. The first kappa shape index (κ1) is 13.8. The normalized spacial score (nSPS) is 11.0. The third-order valence-corrected chi connectivity index (χ3v) is 3.83. The SMILES string of the molecule is COc1cccc(CCn2c(=S)[nH]c3cc(C)cnc32)c1. The minimum absolute atomic E-state index is 0.714. The molecule has 5 heteroatoms. The summed E-state index contributed by atoms with van der Waals surface area (Å²) in [6.07, 6.45) is 2.75. The van der Waals surface area contributed by atoms with Gasteiger partial charge in [0.1, 0.15) is 5.75 Å². The first-order chi connectivity index (χ1) is 10.2. The summed E-state index contributed by atoms with van der Waals surface area (Å²) in [4.78, 5) is 7.71. The average molecular weight is 299 g/mol. The fourth-order valence-corrected chi connectivity index (χ4v) is 2.71. The quantitative estimate of drug-likeness (QED) is 0.748. The van der Waals surface area contributed by atoms with Gasteiger partial charge in [0.25, 0.3) is 0 Å². The molecule has 21 heavy (non-hydrogen) atoms. The molecule has 0 atom stereocenters. The predicted molar refractivity (Wildman–Crippen MR) is 86.4 cm³/mol. The summed E-state index contributed by atoms with van der Waals surface area (Å²) < 4.78 is 8.01. The largest absolute Gasteiger partial charge is 0.497 e. The lowest BCUT2D eigenvalue weighted by molar-refractivity contribution is 0.414. The van der Waals surface area contributed by atoms with Gasteiger partial charge in [0, 0.05) is 12.7 Å². The van der Waals surface area contributed by atoms with Crippen LogP contribution >= 0.6 is 12.2 Å². The van der Waals surface area contributed by atoms with Gasteiger partial charge in [-0.15, -0.1) is 0 Å². The number of fused-ring (bicyclic) bond motifs is 1. The summed E-state index contributed by atoms with van der Waals surface area (Å²) in [6, 6.07) is 10.2. The summed E-state index contributed by atoms with van der Waals surface area (Å²) in [5.41, 5.74) is 4.25. The van der Waals surface area contributed by atoms with Crippen molar-refractivity contribution in [2.45, 2.75) is 19.9 Å². The second-order valence-electron chi connectivity index (χ2n) is 5.07. The standard InChI is InChI=1S/C16H17N3OS/c1-11-8-14-15(17-10-11)19(16(21)18-14)7-6-12-4-3-5-13(9-12)20-2/h3-5,8-10H,6-7H2,1-2H3,(H,18,21).